The van der Waals surface area contributed by atoms with Crippen LogP contribution in [0.5, 0.6) is 5.75 Å². The summed E-state index contributed by atoms with van der Waals surface area (Å²) in [7, 11) is 0. The first-order valence-electron chi connectivity index (χ1n) is 5.57. The van der Waals surface area contributed by atoms with Gasteiger partial charge in [-0.15, -0.1) is 11.8 Å². The average Bonchev–Trinajstić information content (AvgIpc) is 2.39. The number of benzene rings is 1. The Morgan fingerprint density at radius 1 is 1.21 bits per heavy atom. The van der Waals surface area contributed by atoms with Crippen LogP contribution in [0.3, 0.4) is 0 Å². The molecule has 0 aliphatic carbocycles. The molecule has 0 aliphatic rings. The van der Waals surface area contributed by atoms with E-state index >= 15 is 0 Å². The molecule has 3 nitrogen and oxygen atoms in total. The quantitative estimate of drug-likeness (QED) is 0.665. The van der Waals surface area contributed by atoms with E-state index in [4.69, 9.17) is 33.7 Å². The number of halogens is 2. The van der Waals surface area contributed by atoms with Gasteiger partial charge in [-0.3, -0.25) is 0 Å². The molecular formula is C13H12Cl2N2OS. The summed E-state index contributed by atoms with van der Waals surface area (Å²) in [6, 6.07) is 8.88. The van der Waals surface area contributed by atoms with Crippen LogP contribution in [0.15, 0.2) is 41.6 Å². The van der Waals surface area contributed by atoms with Gasteiger partial charge in [0.25, 0.3) is 0 Å². The number of nitrogen functional groups attached to an aromatic ring is 1. The zero-order chi connectivity index (χ0) is 13.7. The Balaban J connectivity index is 1.79. The van der Waals surface area contributed by atoms with Crippen LogP contribution < -0.4 is 10.5 Å². The van der Waals surface area contributed by atoms with Gasteiger partial charge in [0.15, 0.2) is 0 Å². The van der Waals surface area contributed by atoms with E-state index in [-0.39, 0.29) is 0 Å². The number of hydrogen-bond donors (Lipinski definition) is 1. The van der Waals surface area contributed by atoms with Gasteiger partial charge in [0.1, 0.15) is 5.75 Å². The van der Waals surface area contributed by atoms with Gasteiger partial charge < -0.3 is 10.5 Å². The molecule has 0 saturated heterocycles. The number of nitrogens with zero attached hydrogens (tertiary/aromatic N) is 1. The van der Waals surface area contributed by atoms with Crippen LogP contribution in [0.2, 0.25) is 10.0 Å². The third-order valence-electron chi connectivity index (χ3n) is 2.24. The van der Waals surface area contributed by atoms with E-state index in [0.29, 0.717) is 28.1 Å². The summed E-state index contributed by atoms with van der Waals surface area (Å²) >= 11 is 13.4. The van der Waals surface area contributed by atoms with Crippen LogP contribution in [0.1, 0.15) is 0 Å². The van der Waals surface area contributed by atoms with Gasteiger partial charge in [-0.1, -0.05) is 23.2 Å². The summed E-state index contributed by atoms with van der Waals surface area (Å²) in [4.78, 5) is 4.19. The van der Waals surface area contributed by atoms with Crippen molar-refractivity contribution in [2.75, 3.05) is 18.1 Å². The van der Waals surface area contributed by atoms with Crippen molar-refractivity contribution in [3.05, 3.63) is 46.6 Å². The van der Waals surface area contributed by atoms with E-state index in [1.165, 1.54) is 0 Å². The number of hydrogen-bond acceptors (Lipinski definition) is 4. The van der Waals surface area contributed by atoms with E-state index in [9.17, 15) is 0 Å². The molecule has 0 radical (unpaired) electrons. The monoisotopic (exact) mass is 314 g/mol. The van der Waals surface area contributed by atoms with Gasteiger partial charge in [0.05, 0.1) is 28.5 Å². The Labute approximate surface area is 126 Å². The first kappa shape index (κ1) is 14.3. The Kier molecular flexibility index (Phi) is 5.19. The molecule has 100 valence electrons. The van der Waals surface area contributed by atoms with Gasteiger partial charge in [-0.2, -0.15) is 0 Å². The van der Waals surface area contributed by atoms with Crippen LogP contribution in [-0.4, -0.2) is 17.3 Å². The molecule has 1 heterocycles. The lowest BCUT2D eigenvalue weighted by atomic mass is 10.3. The average molecular weight is 315 g/mol. The normalized spacial score (nSPS) is 10.4. The van der Waals surface area contributed by atoms with Crippen LogP contribution in [0.4, 0.5) is 5.69 Å². The number of rotatable bonds is 5. The van der Waals surface area contributed by atoms with Crippen molar-refractivity contribution in [1.29, 1.82) is 0 Å². The third kappa shape index (κ3) is 4.49. The molecular weight excluding hydrogens is 303 g/mol. The fourth-order valence-electron chi connectivity index (χ4n) is 1.37. The molecule has 2 rings (SSSR count). The number of nitrogens with two attached hydrogens (primary N) is 1. The van der Waals surface area contributed by atoms with Crippen molar-refractivity contribution in [2.45, 2.75) is 5.03 Å². The summed E-state index contributed by atoms with van der Waals surface area (Å²) in [6.45, 7) is 0.540. The predicted octanol–water partition coefficient (Wildman–Crippen LogP) is 4.14. The van der Waals surface area contributed by atoms with Gasteiger partial charge in [-0.05, 0) is 30.3 Å². The van der Waals surface area contributed by atoms with Crippen molar-refractivity contribution in [3.63, 3.8) is 0 Å². The number of thioether (sulfide) groups is 1. The minimum atomic E-state index is 0.517. The predicted molar refractivity (Wildman–Crippen MR) is 81.3 cm³/mol. The molecule has 0 amide bonds. The second-order valence-corrected chi connectivity index (χ2v) is 5.66. The van der Waals surface area contributed by atoms with Crippen LogP contribution >= 0.6 is 35.0 Å². The Bertz CT molecular complexity index is 549. The Hall–Kier alpha value is -1.10. The van der Waals surface area contributed by atoms with Crippen molar-refractivity contribution >= 4 is 40.7 Å². The first-order chi connectivity index (χ1) is 9.15. The third-order valence-corrected chi connectivity index (χ3v) is 3.68. The van der Waals surface area contributed by atoms with E-state index < -0.39 is 0 Å². The molecule has 0 unspecified atom stereocenters. The van der Waals surface area contributed by atoms with E-state index in [1.54, 1.807) is 36.2 Å². The summed E-state index contributed by atoms with van der Waals surface area (Å²) in [5.41, 5.74) is 6.23. The SMILES string of the molecule is Nc1ccc(SCCOc2ccc(Cl)cc2Cl)nc1. The van der Waals surface area contributed by atoms with Crippen molar-refractivity contribution in [2.24, 2.45) is 0 Å². The molecule has 6 heteroatoms. The molecule has 0 atom stereocenters. The molecule has 0 bridgehead atoms. The lowest BCUT2D eigenvalue weighted by Crippen LogP contribution is -2.00. The maximum atomic E-state index is 6.00. The summed E-state index contributed by atoms with van der Waals surface area (Å²) < 4.78 is 5.57. The highest BCUT2D eigenvalue weighted by atomic mass is 35.5. The molecule has 2 aromatic rings. The van der Waals surface area contributed by atoms with Crippen LogP contribution in [0, 0.1) is 0 Å². The number of pyridine rings is 1. The molecule has 1 aromatic heterocycles. The second-order valence-electron chi connectivity index (χ2n) is 3.70. The highest BCUT2D eigenvalue weighted by Gasteiger charge is 2.02. The number of aromatic nitrogens is 1. The van der Waals surface area contributed by atoms with Gasteiger partial charge in [0, 0.05) is 10.8 Å². The molecule has 0 fully saturated rings. The minimum Gasteiger partial charge on any atom is -0.491 e. The van der Waals surface area contributed by atoms with E-state index in [0.717, 1.165) is 10.8 Å². The highest BCUT2D eigenvalue weighted by molar-refractivity contribution is 7.99. The summed E-state index contributed by atoms with van der Waals surface area (Å²) in [5, 5.41) is 2.03. The zero-order valence-corrected chi connectivity index (χ0v) is 12.3. The van der Waals surface area contributed by atoms with E-state index in [1.807, 2.05) is 12.1 Å². The molecule has 1 aromatic carbocycles. The van der Waals surface area contributed by atoms with Crippen molar-refractivity contribution in [3.8, 4) is 5.75 Å². The molecule has 19 heavy (non-hydrogen) atoms. The number of ether oxygens (including phenoxy) is 1. The maximum Gasteiger partial charge on any atom is 0.138 e. The van der Waals surface area contributed by atoms with Crippen molar-refractivity contribution < 1.29 is 4.74 Å². The fourth-order valence-corrected chi connectivity index (χ4v) is 2.50. The first-order valence-corrected chi connectivity index (χ1v) is 7.31. The Morgan fingerprint density at radius 2 is 2.05 bits per heavy atom. The lowest BCUT2D eigenvalue weighted by molar-refractivity contribution is 0.344. The van der Waals surface area contributed by atoms with Crippen molar-refractivity contribution in [1.82, 2.24) is 4.98 Å². The smallest absolute Gasteiger partial charge is 0.138 e. The molecule has 0 saturated carbocycles. The number of anilines is 1. The lowest BCUT2D eigenvalue weighted by Gasteiger charge is -2.07. The highest BCUT2D eigenvalue weighted by Crippen LogP contribution is 2.27. The van der Waals surface area contributed by atoms with Gasteiger partial charge in [-0.25, -0.2) is 4.98 Å². The molecule has 2 N–H and O–H groups in total. The molecule has 0 spiro atoms. The van der Waals surface area contributed by atoms with E-state index in [2.05, 4.69) is 4.98 Å². The van der Waals surface area contributed by atoms with Crippen LogP contribution in [0.25, 0.3) is 0 Å². The topological polar surface area (TPSA) is 48.1 Å². The summed E-state index contributed by atoms with van der Waals surface area (Å²) in [6.07, 6.45) is 1.64. The standard InChI is InChI=1S/C13H12Cl2N2OS/c14-9-1-3-12(11(15)7-9)18-5-6-19-13-4-2-10(16)8-17-13/h1-4,7-8H,5-6,16H2. The van der Waals surface area contributed by atoms with Gasteiger partial charge >= 0.3 is 0 Å². The second kappa shape index (κ2) is 6.89. The minimum absolute atomic E-state index is 0.517. The van der Waals surface area contributed by atoms with Gasteiger partial charge in [0.2, 0.25) is 0 Å². The Morgan fingerprint density at radius 3 is 2.74 bits per heavy atom. The maximum absolute atomic E-state index is 6.00. The molecule has 0 aliphatic heterocycles. The summed E-state index contributed by atoms with van der Waals surface area (Å²) in [5.74, 6) is 1.41. The zero-order valence-electron chi connectivity index (χ0n) is 9.98. The fraction of sp³-hybridized carbons (Fsp3) is 0.154. The largest absolute Gasteiger partial charge is 0.491 e. The van der Waals surface area contributed by atoms with Crippen LogP contribution in [-0.2, 0) is 0 Å².